The van der Waals surface area contributed by atoms with Gasteiger partial charge in [0.15, 0.2) is 0 Å². The van der Waals surface area contributed by atoms with E-state index >= 15 is 0 Å². The third-order valence-electron chi connectivity index (χ3n) is 7.60. The minimum absolute atomic E-state index is 0.158. The lowest BCUT2D eigenvalue weighted by Crippen LogP contribution is -2.44. The van der Waals surface area contributed by atoms with Crippen LogP contribution in [0, 0.1) is 32.5 Å². The summed E-state index contributed by atoms with van der Waals surface area (Å²) in [6, 6.07) is 0. The van der Waals surface area contributed by atoms with Gasteiger partial charge in [-0.3, -0.25) is 0 Å². The van der Waals surface area contributed by atoms with Gasteiger partial charge in [-0.05, 0) is 71.0 Å². The minimum Gasteiger partial charge on any atom is -0.374 e. The Morgan fingerprint density at radius 3 is 0.971 bits per heavy atom. The maximum Gasteiger partial charge on any atom is 0.0630 e. The van der Waals surface area contributed by atoms with Crippen molar-refractivity contribution in [3.8, 4) is 0 Å². The van der Waals surface area contributed by atoms with Crippen LogP contribution < -0.4 is 0 Å². The van der Waals surface area contributed by atoms with Gasteiger partial charge in [0.05, 0.1) is 12.2 Å². The van der Waals surface area contributed by atoms with Gasteiger partial charge in [0.1, 0.15) is 0 Å². The highest BCUT2D eigenvalue weighted by atomic mass is 16.5. The van der Waals surface area contributed by atoms with Crippen molar-refractivity contribution < 1.29 is 4.74 Å². The highest BCUT2D eigenvalue weighted by Crippen LogP contribution is 2.48. The molecule has 212 valence electrons. The van der Waals surface area contributed by atoms with E-state index in [-0.39, 0.29) is 10.8 Å². The Kier molecular flexibility index (Phi) is 13.1. The molecular formula is C34H70O. The van der Waals surface area contributed by atoms with Gasteiger partial charge in [-0.25, -0.2) is 0 Å². The van der Waals surface area contributed by atoms with Gasteiger partial charge in [-0.1, -0.05) is 136 Å². The molecule has 2 unspecified atom stereocenters. The summed E-state index contributed by atoms with van der Waals surface area (Å²) in [7, 11) is 0. The Morgan fingerprint density at radius 2 is 0.743 bits per heavy atom. The Morgan fingerprint density at radius 1 is 0.457 bits per heavy atom. The second kappa shape index (κ2) is 13.2. The second-order valence-corrected chi connectivity index (χ2v) is 17.5. The molecule has 1 nitrogen and oxygen atoms in total. The molecular weight excluding hydrogens is 424 g/mol. The predicted molar refractivity (Wildman–Crippen MR) is 160 cm³/mol. The molecule has 0 aromatic heterocycles. The first-order chi connectivity index (χ1) is 15.5. The van der Waals surface area contributed by atoms with Gasteiger partial charge in [-0.2, -0.15) is 0 Å². The fourth-order valence-electron chi connectivity index (χ4n) is 7.95. The zero-order valence-corrected chi connectivity index (χ0v) is 27.6. The van der Waals surface area contributed by atoms with Crippen LogP contribution in [-0.4, -0.2) is 12.2 Å². The summed E-state index contributed by atoms with van der Waals surface area (Å²) in [5, 5.41) is 0. The van der Waals surface area contributed by atoms with Gasteiger partial charge in [0.2, 0.25) is 0 Å². The number of hydrogen-bond acceptors (Lipinski definition) is 1. The molecule has 0 saturated heterocycles. The van der Waals surface area contributed by atoms with Crippen molar-refractivity contribution >= 4 is 0 Å². The molecule has 2 atom stereocenters. The van der Waals surface area contributed by atoms with Crippen LogP contribution in [-0.2, 0) is 4.74 Å². The van der Waals surface area contributed by atoms with E-state index in [0.717, 1.165) is 0 Å². The summed E-state index contributed by atoms with van der Waals surface area (Å²) in [6.45, 7) is 38.8. The Labute approximate surface area is 224 Å². The molecule has 0 aliphatic carbocycles. The molecule has 0 spiro atoms. The van der Waals surface area contributed by atoms with Gasteiger partial charge in [0, 0.05) is 0 Å². The molecule has 35 heavy (non-hydrogen) atoms. The monoisotopic (exact) mass is 495 g/mol. The van der Waals surface area contributed by atoms with Crippen molar-refractivity contribution in [1.29, 1.82) is 0 Å². The normalized spacial score (nSPS) is 16.5. The molecule has 0 aliphatic rings. The lowest BCUT2D eigenvalue weighted by molar-refractivity contribution is -0.138. The molecule has 0 aliphatic heterocycles. The SMILES string of the molecule is CCCCC(OC(CCCC)C(C)(C)CC(C)(C)CC(C)(C)C)C(C)(C)CC(C)(C)CC(C)(C)C. The summed E-state index contributed by atoms with van der Waals surface area (Å²) in [5.41, 5.74) is 1.63. The molecule has 1 heteroatoms. The van der Waals surface area contributed by atoms with E-state index in [1.54, 1.807) is 0 Å². The summed E-state index contributed by atoms with van der Waals surface area (Å²) in [5.74, 6) is 0. The van der Waals surface area contributed by atoms with Crippen LogP contribution in [0.5, 0.6) is 0 Å². The van der Waals surface area contributed by atoms with Crippen LogP contribution in [0.2, 0.25) is 0 Å². The van der Waals surface area contributed by atoms with E-state index in [2.05, 4.69) is 111 Å². The maximum atomic E-state index is 7.34. The van der Waals surface area contributed by atoms with E-state index in [0.29, 0.717) is 33.9 Å². The first-order valence-corrected chi connectivity index (χ1v) is 15.1. The molecule has 0 aromatic rings. The van der Waals surface area contributed by atoms with E-state index < -0.39 is 0 Å². The number of hydrogen-bond donors (Lipinski definition) is 0. The van der Waals surface area contributed by atoms with Crippen LogP contribution in [0.1, 0.15) is 175 Å². The Bertz CT molecular complexity index is 527. The predicted octanol–water partition coefficient (Wildman–Crippen LogP) is 11.9. The average molecular weight is 495 g/mol. The van der Waals surface area contributed by atoms with Crippen molar-refractivity contribution in [2.45, 2.75) is 187 Å². The quantitative estimate of drug-likeness (QED) is 0.207. The van der Waals surface area contributed by atoms with Crippen molar-refractivity contribution in [3.05, 3.63) is 0 Å². The van der Waals surface area contributed by atoms with Crippen LogP contribution in [0.3, 0.4) is 0 Å². The zero-order chi connectivity index (χ0) is 27.9. The topological polar surface area (TPSA) is 9.23 Å². The van der Waals surface area contributed by atoms with E-state index in [9.17, 15) is 0 Å². The van der Waals surface area contributed by atoms with Crippen LogP contribution >= 0.6 is 0 Å². The summed E-state index contributed by atoms with van der Waals surface area (Å²) in [4.78, 5) is 0. The van der Waals surface area contributed by atoms with Gasteiger partial charge in [0.25, 0.3) is 0 Å². The lowest BCUT2D eigenvalue weighted by Gasteiger charge is -2.47. The first-order valence-electron chi connectivity index (χ1n) is 15.1. The van der Waals surface area contributed by atoms with Gasteiger partial charge < -0.3 is 4.74 Å². The van der Waals surface area contributed by atoms with Crippen molar-refractivity contribution in [1.82, 2.24) is 0 Å². The second-order valence-electron chi connectivity index (χ2n) is 17.5. The van der Waals surface area contributed by atoms with Crippen LogP contribution in [0.4, 0.5) is 0 Å². The molecule has 0 aromatic carbocycles. The molecule has 0 bridgehead atoms. The summed E-state index contributed by atoms with van der Waals surface area (Å²) in [6.07, 6.45) is 12.9. The summed E-state index contributed by atoms with van der Waals surface area (Å²) >= 11 is 0. The van der Waals surface area contributed by atoms with E-state index in [4.69, 9.17) is 4.74 Å². The molecule has 0 saturated carbocycles. The smallest absolute Gasteiger partial charge is 0.0630 e. The van der Waals surface area contributed by atoms with Crippen LogP contribution in [0.25, 0.3) is 0 Å². The highest BCUT2D eigenvalue weighted by Gasteiger charge is 2.42. The molecule has 0 N–H and O–H groups in total. The molecule has 0 rings (SSSR count). The Hall–Kier alpha value is -0.0400. The van der Waals surface area contributed by atoms with Gasteiger partial charge >= 0.3 is 0 Å². The van der Waals surface area contributed by atoms with Crippen molar-refractivity contribution in [2.24, 2.45) is 32.5 Å². The lowest BCUT2D eigenvalue weighted by atomic mass is 9.65. The van der Waals surface area contributed by atoms with Gasteiger partial charge in [-0.15, -0.1) is 0 Å². The standard InChI is InChI=1S/C34H70O/c1-17-19-21-27(33(13,14)25-31(9,10)23-29(3,4)5)35-28(22-20-18-2)34(15,16)26-32(11,12)24-30(6,7)8/h27-28H,17-26H2,1-16H3. The fraction of sp³-hybridized carbons (Fsp3) is 1.00. The fourth-order valence-corrected chi connectivity index (χ4v) is 7.95. The Balaban J connectivity index is 5.95. The number of ether oxygens (including phenoxy) is 1. The van der Waals surface area contributed by atoms with Crippen molar-refractivity contribution in [3.63, 3.8) is 0 Å². The molecule has 0 radical (unpaired) electrons. The van der Waals surface area contributed by atoms with E-state index in [1.165, 1.54) is 64.2 Å². The summed E-state index contributed by atoms with van der Waals surface area (Å²) < 4.78 is 7.34. The van der Waals surface area contributed by atoms with Crippen molar-refractivity contribution in [2.75, 3.05) is 0 Å². The molecule has 0 heterocycles. The minimum atomic E-state index is 0.158. The molecule has 0 amide bonds. The average Bonchev–Trinajstić information content (AvgIpc) is 2.53. The third kappa shape index (κ3) is 15.1. The highest BCUT2D eigenvalue weighted by molar-refractivity contribution is 4.92. The largest absolute Gasteiger partial charge is 0.374 e. The first kappa shape index (κ1) is 35.0. The van der Waals surface area contributed by atoms with Crippen LogP contribution in [0.15, 0.2) is 0 Å². The van der Waals surface area contributed by atoms with E-state index in [1.807, 2.05) is 0 Å². The number of unbranched alkanes of at least 4 members (excludes halogenated alkanes) is 2. The molecule has 0 fully saturated rings. The zero-order valence-electron chi connectivity index (χ0n) is 27.6. The third-order valence-corrected chi connectivity index (χ3v) is 7.60. The number of rotatable bonds is 16. The maximum absolute atomic E-state index is 7.34.